The largest absolute Gasteiger partial charge is 0.481 e. The number of ether oxygens (including phenoxy) is 1. The second-order valence-corrected chi connectivity index (χ2v) is 5.06. The summed E-state index contributed by atoms with van der Waals surface area (Å²) in [5.74, 6) is -0.991. The molecule has 1 aliphatic rings. The zero-order valence-electron chi connectivity index (χ0n) is 13.0. The Bertz CT molecular complexity index is 765. The fourth-order valence-electron chi connectivity index (χ4n) is 2.04. The number of nitrogens with zero attached hydrogens (tertiary/aromatic N) is 2. The van der Waals surface area contributed by atoms with Gasteiger partial charge < -0.3 is 9.84 Å². The summed E-state index contributed by atoms with van der Waals surface area (Å²) in [5.41, 5.74) is 3.68. The number of allylic oxidation sites excluding steroid dienone is 3. The summed E-state index contributed by atoms with van der Waals surface area (Å²) in [5, 5.41) is 23.3. The van der Waals surface area contributed by atoms with Crippen molar-refractivity contribution < 1.29 is 24.4 Å². The predicted octanol–water partition coefficient (Wildman–Crippen LogP) is 2.54. The van der Waals surface area contributed by atoms with Gasteiger partial charge in [-0.3, -0.25) is 14.9 Å². The maximum Gasteiger partial charge on any atom is 0.428 e. The minimum Gasteiger partial charge on any atom is -0.481 e. The lowest BCUT2D eigenvalue weighted by Crippen LogP contribution is -2.22. The number of benzene rings is 1. The number of nitro groups is 1. The summed E-state index contributed by atoms with van der Waals surface area (Å²) < 4.78 is 4.96. The van der Waals surface area contributed by atoms with Crippen LogP contribution < -0.4 is 5.43 Å². The molecule has 2 N–H and O–H groups in total. The second kappa shape index (κ2) is 8.39. The molecule has 1 amide bonds. The molecule has 2 rings (SSSR count). The van der Waals surface area contributed by atoms with Gasteiger partial charge in [0.05, 0.1) is 17.1 Å². The molecule has 9 nitrogen and oxygen atoms in total. The molecule has 0 aromatic heterocycles. The highest BCUT2D eigenvalue weighted by atomic mass is 16.6. The number of nitro benzene ring substituents is 1. The van der Waals surface area contributed by atoms with Gasteiger partial charge in [0.15, 0.2) is 0 Å². The lowest BCUT2D eigenvalue weighted by atomic mass is 10.00. The van der Waals surface area contributed by atoms with Crippen molar-refractivity contribution in [2.75, 3.05) is 0 Å². The minimum absolute atomic E-state index is 0.0531. The maximum absolute atomic E-state index is 11.7. The smallest absolute Gasteiger partial charge is 0.428 e. The van der Waals surface area contributed by atoms with E-state index in [1.165, 1.54) is 24.3 Å². The molecule has 0 radical (unpaired) electrons. The number of hydrogen-bond donors (Lipinski definition) is 2. The summed E-state index contributed by atoms with van der Waals surface area (Å²) in [7, 11) is 0. The Balaban J connectivity index is 1.87. The zero-order chi connectivity index (χ0) is 18.2. The average Bonchev–Trinajstić information content (AvgIpc) is 2.59. The molecule has 0 spiro atoms. The molecule has 25 heavy (non-hydrogen) atoms. The van der Waals surface area contributed by atoms with Crippen LogP contribution >= 0.6 is 0 Å². The first-order chi connectivity index (χ1) is 12.0. The Morgan fingerprint density at radius 2 is 2.04 bits per heavy atom. The molecule has 0 bridgehead atoms. The number of nitrogens with one attached hydrogen (secondary N) is 1. The van der Waals surface area contributed by atoms with E-state index < -0.39 is 17.0 Å². The van der Waals surface area contributed by atoms with Gasteiger partial charge in [-0.15, -0.1) is 0 Å². The fraction of sp³-hybridized carbons (Fsp3) is 0.188. The molecule has 1 aliphatic carbocycles. The highest BCUT2D eigenvalue weighted by molar-refractivity contribution is 6.05. The zero-order valence-corrected chi connectivity index (χ0v) is 13.0. The number of amides is 1. The molecule has 0 aliphatic heterocycles. The fourth-order valence-corrected chi connectivity index (χ4v) is 2.04. The molecule has 0 fully saturated rings. The van der Waals surface area contributed by atoms with Crippen molar-refractivity contribution >= 4 is 23.5 Å². The molecule has 9 heteroatoms. The summed E-state index contributed by atoms with van der Waals surface area (Å²) in [6.45, 7) is -0.0770. The number of carbonyl (C=O) groups is 2. The maximum atomic E-state index is 11.7. The van der Waals surface area contributed by atoms with Crippen LogP contribution in [-0.2, 0) is 16.1 Å². The highest BCUT2D eigenvalue weighted by Gasteiger charge is 2.13. The third-order valence-corrected chi connectivity index (χ3v) is 3.26. The van der Waals surface area contributed by atoms with E-state index in [9.17, 15) is 19.7 Å². The van der Waals surface area contributed by atoms with Crippen LogP contribution in [0.1, 0.15) is 18.4 Å². The van der Waals surface area contributed by atoms with Crippen LogP contribution in [0.5, 0.6) is 0 Å². The minimum atomic E-state index is -0.991. The Morgan fingerprint density at radius 3 is 2.68 bits per heavy atom. The number of aliphatic carboxylic acids is 1. The van der Waals surface area contributed by atoms with Gasteiger partial charge in [0.25, 0.3) is 5.69 Å². The normalized spacial score (nSPS) is 14.7. The molecular formula is C16H15N3O6. The van der Waals surface area contributed by atoms with Crippen molar-refractivity contribution in [1.82, 2.24) is 5.43 Å². The van der Waals surface area contributed by atoms with E-state index in [0.717, 1.165) is 0 Å². The number of carbonyl (C=O) groups excluding carboxylic acids is 1. The van der Waals surface area contributed by atoms with E-state index in [0.29, 0.717) is 23.3 Å². The quantitative estimate of drug-likeness (QED) is 0.601. The standard InChI is InChI=1S/C16H15N3O6/c20-15(21)9-12-3-1-2-4-14(12)17-18-16(22)25-10-11-5-7-13(8-6-11)19(23)24/h1-3,5-8H,4,9-10H2,(H,18,22)(H,20,21)/b17-14+. The van der Waals surface area contributed by atoms with Crippen molar-refractivity contribution in [2.45, 2.75) is 19.4 Å². The highest BCUT2D eigenvalue weighted by Crippen LogP contribution is 2.14. The Hall–Kier alpha value is -3.49. The first-order valence-electron chi connectivity index (χ1n) is 7.26. The van der Waals surface area contributed by atoms with E-state index in [1.54, 1.807) is 18.2 Å². The molecule has 0 atom stereocenters. The van der Waals surface area contributed by atoms with Gasteiger partial charge in [-0.2, -0.15) is 5.10 Å². The number of carboxylic acids is 1. The topological polar surface area (TPSA) is 131 Å². The van der Waals surface area contributed by atoms with Gasteiger partial charge >= 0.3 is 12.1 Å². The van der Waals surface area contributed by atoms with Crippen LogP contribution in [0.3, 0.4) is 0 Å². The van der Waals surface area contributed by atoms with Crippen LogP contribution in [0.25, 0.3) is 0 Å². The Labute approximate surface area is 142 Å². The van der Waals surface area contributed by atoms with Gasteiger partial charge in [0.2, 0.25) is 0 Å². The molecule has 0 saturated heterocycles. The van der Waals surface area contributed by atoms with Crippen LogP contribution in [0.2, 0.25) is 0 Å². The summed E-state index contributed by atoms with van der Waals surface area (Å²) >= 11 is 0. The van der Waals surface area contributed by atoms with E-state index in [4.69, 9.17) is 9.84 Å². The Kier molecular flexibility index (Phi) is 5.99. The number of rotatable bonds is 6. The molecule has 0 heterocycles. The first kappa shape index (κ1) is 17.9. The lowest BCUT2D eigenvalue weighted by Gasteiger charge is -2.11. The van der Waals surface area contributed by atoms with Crippen molar-refractivity contribution in [2.24, 2.45) is 5.10 Å². The lowest BCUT2D eigenvalue weighted by molar-refractivity contribution is -0.384. The summed E-state index contributed by atoms with van der Waals surface area (Å²) in [6, 6.07) is 5.59. The third-order valence-electron chi connectivity index (χ3n) is 3.26. The van der Waals surface area contributed by atoms with Crippen LogP contribution in [0, 0.1) is 10.1 Å². The van der Waals surface area contributed by atoms with E-state index in [1.807, 2.05) is 0 Å². The van der Waals surface area contributed by atoms with Gasteiger partial charge in [-0.25, -0.2) is 10.2 Å². The number of hydrogen-bond acceptors (Lipinski definition) is 6. The number of carboxylic acid groups (broad SMARTS) is 1. The molecule has 1 aromatic carbocycles. The predicted molar refractivity (Wildman–Crippen MR) is 87.9 cm³/mol. The van der Waals surface area contributed by atoms with E-state index in [-0.39, 0.29) is 18.7 Å². The van der Waals surface area contributed by atoms with Crippen molar-refractivity contribution in [3.63, 3.8) is 0 Å². The van der Waals surface area contributed by atoms with Crippen LogP contribution in [-0.4, -0.2) is 27.8 Å². The molecule has 130 valence electrons. The van der Waals surface area contributed by atoms with Gasteiger partial charge in [-0.1, -0.05) is 18.2 Å². The number of non-ortho nitro benzene ring substituents is 1. The third kappa shape index (κ3) is 5.57. The van der Waals surface area contributed by atoms with Crippen LogP contribution in [0.15, 0.2) is 53.2 Å². The summed E-state index contributed by atoms with van der Waals surface area (Å²) in [4.78, 5) is 32.5. The molecular weight excluding hydrogens is 330 g/mol. The van der Waals surface area contributed by atoms with Crippen molar-refractivity contribution in [1.29, 1.82) is 0 Å². The van der Waals surface area contributed by atoms with E-state index >= 15 is 0 Å². The Morgan fingerprint density at radius 1 is 1.32 bits per heavy atom. The number of hydrazone groups is 1. The molecule has 1 aromatic rings. The SMILES string of the molecule is O=C(O)CC1=CC=CC/C1=N\NC(=O)OCc1ccc([N+](=O)[O-])cc1. The molecule has 0 unspecified atom stereocenters. The van der Waals surface area contributed by atoms with Crippen molar-refractivity contribution in [3.8, 4) is 0 Å². The first-order valence-corrected chi connectivity index (χ1v) is 7.26. The van der Waals surface area contributed by atoms with Gasteiger partial charge in [0.1, 0.15) is 6.61 Å². The van der Waals surface area contributed by atoms with E-state index in [2.05, 4.69) is 10.5 Å². The van der Waals surface area contributed by atoms with Crippen LogP contribution in [0.4, 0.5) is 10.5 Å². The van der Waals surface area contributed by atoms with Gasteiger partial charge in [0, 0.05) is 18.6 Å². The average molecular weight is 345 g/mol. The monoisotopic (exact) mass is 345 g/mol. The summed E-state index contributed by atoms with van der Waals surface area (Å²) in [6.07, 6.45) is 4.54. The second-order valence-electron chi connectivity index (χ2n) is 5.06. The molecule has 0 saturated carbocycles. The van der Waals surface area contributed by atoms with Crippen molar-refractivity contribution in [3.05, 3.63) is 63.7 Å². The van der Waals surface area contributed by atoms with Gasteiger partial charge in [-0.05, 0) is 23.3 Å².